The van der Waals surface area contributed by atoms with Crippen LogP contribution in [0.1, 0.15) is 26.3 Å². The number of carbonyl (C=O) groups is 2. The monoisotopic (exact) mass is 286 g/mol. The quantitative estimate of drug-likeness (QED) is 0.684. The maximum Gasteiger partial charge on any atom is 0.335 e. The number of benzene rings is 2. The van der Waals surface area contributed by atoms with Gasteiger partial charge in [-0.2, -0.15) is 0 Å². The molecule has 0 bridgehead atoms. The molecule has 0 atom stereocenters. The number of hydrogen-bond acceptors (Lipinski definition) is 2. The van der Waals surface area contributed by atoms with Gasteiger partial charge in [0, 0.05) is 10.6 Å². The first kappa shape index (κ1) is 14.0. The first-order valence-electron chi connectivity index (χ1n) is 5.87. The fourth-order valence-electron chi connectivity index (χ4n) is 1.65. The average Bonchev–Trinajstić information content (AvgIpc) is 2.45. The van der Waals surface area contributed by atoms with Gasteiger partial charge in [0.05, 0.1) is 5.56 Å². The Kier molecular flexibility index (Phi) is 4.33. The van der Waals surface area contributed by atoms with E-state index in [0.29, 0.717) is 10.6 Å². The molecule has 3 nitrogen and oxygen atoms in total. The zero-order chi connectivity index (χ0) is 14.5. The zero-order valence-electron chi connectivity index (χ0n) is 10.4. The van der Waals surface area contributed by atoms with Crippen LogP contribution in [0.5, 0.6) is 0 Å². The van der Waals surface area contributed by atoms with Crippen molar-refractivity contribution in [1.82, 2.24) is 0 Å². The fourth-order valence-corrected chi connectivity index (χ4v) is 1.84. The molecule has 0 aromatic heterocycles. The highest BCUT2D eigenvalue weighted by atomic mass is 35.5. The lowest BCUT2D eigenvalue weighted by atomic mass is 10.1. The van der Waals surface area contributed by atoms with Crippen LogP contribution in [0.4, 0.5) is 0 Å². The van der Waals surface area contributed by atoms with E-state index in [0.717, 1.165) is 5.56 Å². The second-order valence-electron chi connectivity index (χ2n) is 4.14. The molecule has 4 heteroatoms. The molecule has 0 saturated carbocycles. The third-order valence-corrected chi connectivity index (χ3v) is 2.93. The van der Waals surface area contributed by atoms with E-state index in [-0.39, 0.29) is 11.3 Å². The van der Waals surface area contributed by atoms with Crippen LogP contribution in [-0.4, -0.2) is 16.9 Å². The summed E-state index contributed by atoms with van der Waals surface area (Å²) >= 11 is 5.82. The van der Waals surface area contributed by atoms with Crippen LogP contribution in [0.25, 0.3) is 6.08 Å². The molecule has 0 fully saturated rings. The van der Waals surface area contributed by atoms with Gasteiger partial charge in [-0.15, -0.1) is 0 Å². The van der Waals surface area contributed by atoms with Gasteiger partial charge in [0.2, 0.25) is 0 Å². The summed E-state index contributed by atoms with van der Waals surface area (Å²) in [6.07, 6.45) is 3.07. The van der Waals surface area contributed by atoms with Crippen molar-refractivity contribution < 1.29 is 14.7 Å². The number of aromatic carboxylic acids is 1. The minimum Gasteiger partial charge on any atom is -0.478 e. The van der Waals surface area contributed by atoms with Crippen molar-refractivity contribution in [3.05, 3.63) is 76.3 Å². The fraction of sp³-hybridized carbons (Fsp3) is 0. The van der Waals surface area contributed by atoms with E-state index >= 15 is 0 Å². The van der Waals surface area contributed by atoms with Crippen molar-refractivity contribution in [3.8, 4) is 0 Å². The van der Waals surface area contributed by atoms with Crippen LogP contribution in [-0.2, 0) is 0 Å². The lowest BCUT2D eigenvalue weighted by Crippen LogP contribution is -1.95. The lowest BCUT2D eigenvalue weighted by Gasteiger charge is -1.97. The molecule has 0 aliphatic rings. The van der Waals surface area contributed by atoms with E-state index in [2.05, 4.69) is 0 Å². The number of rotatable bonds is 4. The van der Waals surface area contributed by atoms with Crippen LogP contribution in [0.3, 0.4) is 0 Å². The molecule has 100 valence electrons. The minimum absolute atomic E-state index is 0.158. The third kappa shape index (κ3) is 3.56. The van der Waals surface area contributed by atoms with Gasteiger partial charge in [0.25, 0.3) is 0 Å². The van der Waals surface area contributed by atoms with Gasteiger partial charge in [0.15, 0.2) is 5.78 Å². The van der Waals surface area contributed by atoms with E-state index in [1.807, 2.05) is 0 Å². The molecule has 0 amide bonds. The van der Waals surface area contributed by atoms with E-state index in [1.165, 1.54) is 18.2 Å². The van der Waals surface area contributed by atoms with Gasteiger partial charge >= 0.3 is 5.97 Å². The largest absolute Gasteiger partial charge is 0.478 e. The number of halogens is 1. The molecule has 0 radical (unpaired) electrons. The SMILES string of the molecule is O=C(O)c1ccc(C=CC(=O)c2cccc(Cl)c2)cc1. The number of allylic oxidation sites excluding steroid dienone is 1. The van der Waals surface area contributed by atoms with Crippen LogP contribution >= 0.6 is 11.6 Å². The van der Waals surface area contributed by atoms with Crippen molar-refractivity contribution in [2.24, 2.45) is 0 Å². The molecule has 0 aliphatic heterocycles. The summed E-state index contributed by atoms with van der Waals surface area (Å²) in [5.74, 6) is -1.13. The van der Waals surface area contributed by atoms with Crippen molar-refractivity contribution in [2.45, 2.75) is 0 Å². The lowest BCUT2D eigenvalue weighted by molar-refractivity contribution is 0.0696. The van der Waals surface area contributed by atoms with Crippen molar-refractivity contribution in [2.75, 3.05) is 0 Å². The third-order valence-electron chi connectivity index (χ3n) is 2.69. The van der Waals surface area contributed by atoms with Gasteiger partial charge in [-0.3, -0.25) is 4.79 Å². The predicted octanol–water partition coefficient (Wildman–Crippen LogP) is 3.93. The normalized spacial score (nSPS) is 10.7. The number of ketones is 1. The van der Waals surface area contributed by atoms with E-state index in [9.17, 15) is 9.59 Å². The van der Waals surface area contributed by atoms with Crippen molar-refractivity contribution in [1.29, 1.82) is 0 Å². The molecule has 2 aromatic rings. The predicted molar refractivity (Wildman–Crippen MR) is 78.2 cm³/mol. The Labute approximate surface area is 121 Å². The van der Waals surface area contributed by atoms with Crippen LogP contribution in [0.2, 0.25) is 5.02 Å². The summed E-state index contributed by atoms with van der Waals surface area (Å²) in [5, 5.41) is 9.29. The molecule has 0 saturated heterocycles. The zero-order valence-corrected chi connectivity index (χ0v) is 11.2. The number of carboxylic acids is 1. The summed E-state index contributed by atoms with van der Waals surface area (Å²) in [7, 11) is 0. The summed E-state index contributed by atoms with van der Waals surface area (Å²) in [6, 6.07) is 13.0. The Morgan fingerprint density at radius 3 is 2.30 bits per heavy atom. The van der Waals surface area contributed by atoms with Gasteiger partial charge in [-0.05, 0) is 35.9 Å². The highest BCUT2D eigenvalue weighted by Crippen LogP contribution is 2.12. The molecular weight excluding hydrogens is 276 g/mol. The molecule has 2 rings (SSSR count). The van der Waals surface area contributed by atoms with Crippen molar-refractivity contribution in [3.63, 3.8) is 0 Å². The first-order valence-corrected chi connectivity index (χ1v) is 6.25. The second-order valence-corrected chi connectivity index (χ2v) is 4.57. The smallest absolute Gasteiger partial charge is 0.335 e. The number of hydrogen-bond donors (Lipinski definition) is 1. The summed E-state index contributed by atoms with van der Waals surface area (Å²) in [5.41, 5.74) is 1.48. The summed E-state index contributed by atoms with van der Waals surface area (Å²) in [6.45, 7) is 0. The maximum atomic E-state index is 11.9. The molecule has 2 aromatic carbocycles. The molecule has 0 heterocycles. The summed E-state index contributed by atoms with van der Waals surface area (Å²) < 4.78 is 0. The molecule has 0 spiro atoms. The standard InChI is InChI=1S/C16H11ClO3/c17-14-3-1-2-13(10-14)15(18)9-6-11-4-7-12(8-5-11)16(19)20/h1-10H,(H,19,20). The maximum absolute atomic E-state index is 11.9. The minimum atomic E-state index is -0.976. The first-order chi connectivity index (χ1) is 9.56. The van der Waals surface area contributed by atoms with Crippen LogP contribution < -0.4 is 0 Å². The Hall–Kier alpha value is -2.39. The number of carbonyl (C=O) groups excluding carboxylic acids is 1. The van der Waals surface area contributed by atoms with Gasteiger partial charge < -0.3 is 5.11 Å². The van der Waals surface area contributed by atoms with E-state index < -0.39 is 5.97 Å². The topological polar surface area (TPSA) is 54.4 Å². The van der Waals surface area contributed by atoms with E-state index in [1.54, 1.807) is 42.5 Å². The van der Waals surface area contributed by atoms with Gasteiger partial charge in [-0.1, -0.05) is 41.9 Å². The Bertz CT molecular complexity index is 672. The Balaban J connectivity index is 2.13. The highest BCUT2D eigenvalue weighted by Gasteiger charge is 2.03. The molecule has 0 unspecified atom stereocenters. The van der Waals surface area contributed by atoms with Crippen molar-refractivity contribution >= 4 is 29.4 Å². The van der Waals surface area contributed by atoms with Gasteiger partial charge in [0.1, 0.15) is 0 Å². The van der Waals surface area contributed by atoms with E-state index in [4.69, 9.17) is 16.7 Å². The molecule has 1 N–H and O–H groups in total. The van der Waals surface area contributed by atoms with Crippen LogP contribution in [0.15, 0.2) is 54.6 Å². The molecular formula is C16H11ClO3. The molecule has 0 aliphatic carbocycles. The highest BCUT2D eigenvalue weighted by molar-refractivity contribution is 6.31. The summed E-state index contributed by atoms with van der Waals surface area (Å²) in [4.78, 5) is 22.6. The molecule has 20 heavy (non-hydrogen) atoms. The van der Waals surface area contributed by atoms with Gasteiger partial charge in [-0.25, -0.2) is 4.79 Å². The second kappa shape index (κ2) is 6.17. The van der Waals surface area contributed by atoms with Crippen LogP contribution in [0, 0.1) is 0 Å². The Morgan fingerprint density at radius 1 is 1.00 bits per heavy atom. The average molecular weight is 287 g/mol. The number of carboxylic acid groups (broad SMARTS) is 1. The Morgan fingerprint density at radius 2 is 1.70 bits per heavy atom.